The molecule has 1 fully saturated rings. The van der Waals surface area contributed by atoms with Gasteiger partial charge in [-0.1, -0.05) is 15.9 Å². The maximum atomic E-state index is 12.3. The minimum Gasteiger partial charge on any atom is -0.480 e. The van der Waals surface area contributed by atoms with Gasteiger partial charge in [-0.25, -0.2) is 4.79 Å². The lowest BCUT2D eigenvalue weighted by molar-refractivity contribution is -0.148. The summed E-state index contributed by atoms with van der Waals surface area (Å²) >= 11 is 3.29. The number of hydrogen-bond acceptors (Lipinski definition) is 3. The number of carboxylic acid groups (broad SMARTS) is 1. The van der Waals surface area contributed by atoms with E-state index in [0.29, 0.717) is 24.9 Å². The topological polar surface area (TPSA) is 86.7 Å². The number of aliphatic carboxylic acids is 1. The number of nitrogens with zero attached hydrogens (tertiary/aromatic N) is 1. The molecule has 1 aliphatic heterocycles. The van der Waals surface area contributed by atoms with Gasteiger partial charge in [-0.15, -0.1) is 0 Å². The second kappa shape index (κ2) is 6.91. The van der Waals surface area contributed by atoms with Gasteiger partial charge in [-0.2, -0.15) is 0 Å². The van der Waals surface area contributed by atoms with Crippen molar-refractivity contribution < 1.29 is 19.5 Å². The van der Waals surface area contributed by atoms with E-state index in [-0.39, 0.29) is 11.8 Å². The maximum absolute atomic E-state index is 12.3. The quantitative estimate of drug-likeness (QED) is 0.845. The van der Waals surface area contributed by atoms with Crippen LogP contribution in [0.1, 0.15) is 30.1 Å². The fraction of sp³-hybridized carbons (Fsp3) is 0.400. The Morgan fingerprint density at radius 3 is 2.55 bits per heavy atom. The van der Waals surface area contributed by atoms with Gasteiger partial charge in [0, 0.05) is 16.6 Å². The van der Waals surface area contributed by atoms with Crippen LogP contribution >= 0.6 is 15.9 Å². The van der Waals surface area contributed by atoms with E-state index >= 15 is 0 Å². The number of hydrogen-bond donors (Lipinski definition) is 2. The van der Waals surface area contributed by atoms with E-state index in [1.54, 1.807) is 31.2 Å². The lowest BCUT2D eigenvalue weighted by Crippen LogP contribution is -2.50. The Kier molecular flexibility index (Phi) is 5.18. The van der Waals surface area contributed by atoms with Gasteiger partial charge in [0.15, 0.2) is 0 Å². The zero-order chi connectivity index (χ0) is 16.3. The number of carbonyl (C=O) groups excluding carboxylic acids is 2. The van der Waals surface area contributed by atoms with Crippen LogP contribution in [0.3, 0.4) is 0 Å². The minimum absolute atomic E-state index is 0.362. The number of amides is 2. The predicted octanol–water partition coefficient (Wildman–Crippen LogP) is 1.64. The molecule has 2 rings (SSSR count). The third-order valence-electron chi connectivity index (χ3n) is 3.65. The normalized spacial score (nSPS) is 18.8. The van der Waals surface area contributed by atoms with Crippen LogP contribution in [0.15, 0.2) is 28.7 Å². The Labute approximate surface area is 136 Å². The lowest BCUT2D eigenvalue weighted by atomic mass is 10.2. The average Bonchev–Trinajstić information content (AvgIpc) is 2.96. The van der Waals surface area contributed by atoms with E-state index in [2.05, 4.69) is 21.2 Å². The number of halogens is 1. The van der Waals surface area contributed by atoms with Gasteiger partial charge in [0.05, 0.1) is 0 Å². The molecule has 1 saturated heterocycles. The van der Waals surface area contributed by atoms with Crippen molar-refractivity contribution in [2.45, 2.75) is 31.8 Å². The fourth-order valence-electron chi connectivity index (χ4n) is 2.48. The Morgan fingerprint density at radius 1 is 1.32 bits per heavy atom. The molecule has 0 saturated carbocycles. The van der Waals surface area contributed by atoms with Crippen LogP contribution in [0.2, 0.25) is 0 Å². The van der Waals surface area contributed by atoms with Crippen LogP contribution in [0.25, 0.3) is 0 Å². The number of carbonyl (C=O) groups is 3. The molecule has 0 spiro atoms. The van der Waals surface area contributed by atoms with Crippen LogP contribution in [-0.4, -0.2) is 46.4 Å². The summed E-state index contributed by atoms with van der Waals surface area (Å²) in [5, 5.41) is 11.7. The molecule has 2 atom stereocenters. The molecule has 22 heavy (non-hydrogen) atoms. The van der Waals surface area contributed by atoms with Crippen molar-refractivity contribution in [1.29, 1.82) is 0 Å². The second-order valence-corrected chi connectivity index (χ2v) is 6.15. The molecule has 1 unspecified atom stereocenters. The predicted molar refractivity (Wildman–Crippen MR) is 83.4 cm³/mol. The summed E-state index contributed by atoms with van der Waals surface area (Å²) in [5.74, 6) is -1.73. The van der Waals surface area contributed by atoms with E-state index in [1.807, 2.05) is 0 Å². The summed E-state index contributed by atoms with van der Waals surface area (Å²) < 4.78 is 0.856. The molecule has 2 N–H and O–H groups in total. The monoisotopic (exact) mass is 368 g/mol. The first-order valence-electron chi connectivity index (χ1n) is 7.00. The van der Waals surface area contributed by atoms with Gasteiger partial charge >= 0.3 is 5.97 Å². The maximum Gasteiger partial charge on any atom is 0.326 e. The summed E-state index contributed by atoms with van der Waals surface area (Å²) in [6.07, 6.45) is 1.12. The van der Waals surface area contributed by atoms with Gasteiger partial charge in [-0.05, 0) is 44.0 Å². The first-order valence-corrected chi connectivity index (χ1v) is 7.79. The third kappa shape index (κ3) is 3.65. The van der Waals surface area contributed by atoms with E-state index in [4.69, 9.17) is 5.11 Å². The van der Waals surface area contributed by atoms with Crippen LogP contribution in [0, 0.1) is 0 Å². The van der Waals surface area contributed by atoms with Crippen molar-refractivity contribution in [2.75, 3.05) is 6.54 Å². The summed E-state index contributed by atoms with van der Waals surface area (Å²) in [6, 6.07) is 5.21. The van der Waals surface area contributed by atoms with Gasteiger partial charge in [0.2, 0.25) is 5.91 Å². The smallest absolute Gasteiger partial charge is 0.326 e. The lowest BCUT2D eigenvalue weighted by Gasteiger charge is -2.25. The summed E-state index contributed by atoms with van der Waals surface area (Å²) in [6.45, 7) is 1.98. The molecule has 0 radical (unpaired) electrons. The molecule has 0 aromatic heterocycles. The molecule has 1 aliphatic rings. The first kappa shape index (κ1) is 16.5. The Bertz CT molecular complexity index is 588. The summed E-state index contributed by atoms with van der Waals surface area (Å²) in [7, 11) is 0. The highest BCUT2D eigenvalue weighted by Crippen LogP contribution is 2.18. The Balaban J connectivity index is 2.00. The molecular formula is C15H17BrN2O4. The van der Waals surface area contributed by atoms with E-state index in [1.165, 1.54) is 4.90 Å². The van der Waals surface area contributed by atoms with Gasteiger partial charge < -0.3 is 15.3 Å². The molecule has 2 amide bonds. The summed E-state index contributed by atoms with van der Waals surface area (Å²) in [4.78, 5) is 36.9. The summed E-state index contributed by atoms with van der Waals surface area (Å²) in [5.41, 5.74) is 0.444. The highest BCUT2D eigenvalue weighted by molar-refractivity contribution is 9.10. The molecular weight excluding hydrogens is 352 g/mol. The van der Waals surface area contributed by atoms with Crippen molar-refractivity contribution >= 4 is 33.7 Å². The van der Waals surface area contributed by atoms with E-state index < -0.39 is 18.1 Å². The van der Waals surface area contributed by atoms with E-state index in [9.17, 15) is 14.4 Å². The third-order valence-corrected chi connectivity index (χ3v) is 4.17. The van der Waals surface area contributed by atoms with Crippen LogP contribution in [0.5, 0.6) is 0 Å². The van der Waals surface area contributed by atoms with Crippen molar-refractivity contribution in [1.82, 2.24) is 10.2 Å². The fourth-order valence-corrected chi connectivity index (χ4v) is 2.74. The zero-order valence-corrected chi connectivity index (χ0v) is 13.7. The van der Waals surface area contributed by atoms with Crippen molar-refractivity contribution in [3.05, 3.63) is 34.3 Å². The standard InChI is InChI=1S/C15H17BrN2O4/c1-9(14(20)18-8-2-3-12(18)15(21)22)17-13(19)10-4-6-11(16)7-5-10/h4-7,9,12H,2-3,8H2,1H3,(H,17,19)(H,21,22)/t9-,12?/m0/s1. The van der Waals surface area contributed by atoms with E-state index in [0.717, 1.165) is 4.47 Å². The highest BCUT2D eigenvalue weighted by Gasteiger charge is 2.36. The highest BCUT2D eigenvalue weighted by atomic mass is 79.9. The van der Waals surface area contributed by atoms with Gasteiger partial charge in [0.1, 0.15) is 12.1 Å². The number of carboxylic acids is 1. The molecule has 1 aromatic carbocycles. The molecule has 1 aromatic rings. The number of likely N-dealkylation sites (tertiary alicyclic amines) is 1. The Morgan fingerprint density at radius 2 is 1.95 bits per heavy atom. The number of rotatable bonds is 4. The van der Waals surface area contributed by atoms with Crippen molar-refractivity contribution in [2.24, 2.45) is 0 Å². The van der Waals surface area contributed by atoms with Gasteiger partial charge in [-0.3, -0.25) is 9.59 Å². The van der Waals surface area contributed by atoms with Crippen molar-refractivity contribution in [3.8, 4) is 0 Å². The minimum atomic E-state index is -1.00. The first-order chi connectivity index (χ1) is 10.4. The largest absolute Gasteiger partial charge is 0.480 e. The Hall–Kier alpha value is -1.89. The second-order valence-electron chi connectivity index (χ2n) is 5.23. The van der Waals surface area contributed by atoms with Crippen LogP contribution in [0.4, 0.5) is 0 Å². The molecule has 1 heterocycles. The molecule has 0 aliphatic carbocycles. The molecule has 6 nitrogen and oxygen atoms in total. The van der Waals surface area contributed by atoms with Crippen LogP contribution < -0.4 is 5.32 Å². The SMILES string of the molecule is C[C@H](NC(=O)c1ccc(Br)cc1)C(=O)N1CCCC1C(=O)O. The zero-order valence-electron chi connectivity index (χ0n) is 12.1. The van der Waals surface area contributed by atoms with Gasteiger partial charge in [0.25, 0.3) is 5.91 Å². The van der Waals surface area contributed by atoms with Crippen molar-refractivity contribution in [3.63, 3.8) is 0 Å². The number of benzene rings is 1. The molecule has 7 heteroatoms. The molecule has 0 bridgehead atoms. The average molecular weight is 369 g/mol. The molecule has 118 valence electrons. The van der Waals surface area contributed by atoms with Crippen LogP contribution in [-0.2, 0) is 9.59 Å². The number of nitrogens with one attached hydrogen (secondary N) is 1.